The number of aromatic nitrogens is 1. The monoisotopic (exact) mass is 419 g/mol. The van der Waals surface area contributed by atoms with E-state index in [0.717, 1.165) is 40.1 Å². The van der Waals surface area contributed by atoms with Crippen LogP contribution in [-0.4, -0.2) is 33.8 Å². The topological polar surface area (TPSA) is 53.2 Å². The second kappa shape index (κ2) is 7.54. The van der Waals surface area contributed by atoms with Crippen LogP contribution in [0, 0.1) is 10.8 Å². The third-order valence-corrected chi connectivity index (χ3v) is 5.32. The number of hydrogen-bond donors (Lipinski definition) is 0. The largest absolute Gasteiger partial charge is 0.281 e. The van der Waals surface area contributed by atoms with Crippen LogP contribution >= 0.6 is 0 Å². The molecular weight excluding hydrogens is 382 g/mol. The van der Waals surface area contributed by atoms with Gasteiger partial charge in [0.2, 0.25) is 0 Å². The number of nitrogens with zero attached hydrogens (tertiary/aromatic N) is 5. The molecule has 166 valence electrons. The van der Waals surface area contributed by atoms with Crippen molar-refractivity contribution in [1.82, 2.24) is 9.88 Å². The summed E-state index contributed by atoms with van der Waals surface area (Å²) in [6.45, 7) is 25.9. The first-order valence-electron chi connectivity index (χ1n) is 11.0. The summed E-state index contributed by atoms with van der Waals surface area (Å²) < 4.78 is 0. The van der Waals surface area contributed by atoms with Crippen LogP contribution in [-0.2, 0) is 5.41 Å². The summed E-state index contributed by atoms with van der Waals surface area (Å²) >= 11 is 0. The van der Waals surface area contributed by atoms with E-state index in [0.29, 0.717) is 0 Å². The Morgan fingerprint density at radius 3 is 2.10 bits per heavy atom. The number of fused-ring (bicyclic) bond motifs is 3. The summed E-state index contributed by atoms with van der Waals surface area (Å²) in [4.78, 5) is 22.0. The molecule has 3 rings (SSSR count). The molecule has 0 bridgehead atoms. The van der Waals surface area contributed by atoms with Crippen LogP contribution in [0.15, 0.2) is 51.2 Å². The van der Waals surface area contributed by atoms with Gasteiger partial charge in [-0.1, -0.05) is 68.9 Å². The Labute approximate surface area is 187 Å². The lowest BCUT2D eigenvalue weighted by Gasteiger charge is -2.37. The van der Waals surface area contributed by atoms with Gasteiger partial charge in [0.15, 0.2) is 5.82 Å². The lowest BCUT2D eigenvalue weighted by molar-refractivity contribution is 0.495. The van der Waals surface area contributed by atoms with Crippen molar-refractivity contribution in [3.05, 3.63) is 47.4 Å². The van der Waals surface area contributed by atoms with Gasteiger partial charge in [-0.25, -0.2) is 9.98 Å². The molecule has 1 atom stereocenters. The lowest BCUT2D eigenvalue weighted by atomic mass is 9.90. The van der Waals surface area contributed by atoms with Crippen molar-refractivity contribution in [1.29, 1.82) is 0 Å². The van der Waals surface area contributed by atoms with Gasteiger partial charge in [0.25, 0.3) is 0 Å². The average molecular weight is 420 g/mol. The summed E-state index contributed by atoms with van der Waals surface area (Å²) in [6, 6.07) is 4.13. The molecule has 31 heavy (non-hydrogen) atoms. The molecular formula is C26H37N5. The number of allylic oxidation sites excluding steroid dienone is 2. The van der Waals surface area contributed by atoms with Gasteiger partial charge in [-0.15, -0.1) is 0 Å². The van der Waals surface area contributed by atoms with Crippen molar-refractivity contribution in [2.24, 2.45) is 25.8 Å². The van der Waals surface area contributed by atoms with Crippen LogP contribution < -0.4 is 0 Å². The van der Waals surface area contributed by atoms with E-state index in [1.807, 2.05) is 6.21 Å². The molecule has 0 amide bonds. The smallest absolute Gasteiger partial charge is 0.165 e. The molecule has 0 aliphatic carbocycles. The highest BCUT2D eigenvalue weighted by atomic mass is 15.3. The molecule has 0 fully saturated rings. The van der Waals surface area contributed by atoms with Crippen molar-refractivity contribution in [2.45, 2.75) is 80.7 Å². The molecule has 1 aromatic rings. The fraction of sp³-hybridized carbons (Fsp3) is 0.538. The Bertz CT molecular complexity index is 1020. The third kappa shape index (κ3) is 4.70. The average Bonchev–Trinajstić information content (AvgIpc) is 2.67. The quantitative estimate of drug-likeness (QED) is 0.486. The molecule has 0 radical (unpaired) electrons. The molecule has 0 N–H and O–H groups in total. The van der Waals surface area contributed by atoms with Crippen LogP contribution in [0.25, 0.3) is 0 Å². The number of rotatable bonds is 0. The zero-order chi connectivity index (χ0) is 23.4. The molecule has 0 aromatic carbocycles. The van der Waals surface area contributed by atoms with Crippen LogP contribution in [0.5, 0.6) is 0 Å². The van der Waals surface area contributed by atoms with Crippen molar-refractivity contribution in [2.75, 3.05) is 0 Å². The highest BCUT2D eigenvalue weighted by Gasteiger charge is 2.36. The molecule has 5 nitrogen and oxygen atoms in total. The predicted molar refractivity (Wildman–Crippen MR) is 132 cm³/mol. The minimum atomic E-state index is -0.230. The Hall–Kier alpha value is -2.56. The van der Waals surface area contributed by atoms with E-state index in [2.05, 4.69) is 98.9 Å². The Morgan fingerprint density at radius 2 is 1.55 bits per heavy atom. The minimum absolute atomic E-state index is 0.0516. The van der Waals surface area contributed by atoms with Crippen molar-refractivity contribution < 1.29 is 0 Å². The molecule has 2 aliphatic heterocycles. The summed E-state index contributed by atoms with van der Waals surface area (Å²) in [6.07, 6.45) is 3.98. The highest BCUT2D eigenvalue weighted by molar-refractivity contribution is 6.19. The van der Waals surface area contributed by atoms with Crippen LogP contribution in [0.1, 0.15) is 80.5 Å². The van der Waals surface area contributed by atoms with E-state index in [4.69, 9.17) is 20.0 Å². The van der Waals surface area contributed by atoms with Gasteiger partial charge in [0.05, 0.1) is 23.5 Å². The molecule has 2 aliphatic rings. The molecule has 1 unspecified atom stereocenters. The van der Waals surface area contributed by atoms with Crippen LogP contribution in [0.4, 0.5) is 5.82 Å². The first kappa shape index (κ1) is 23.1. The Balaban J connectivity index is 2.30. The molecule has 5 heteroatoms. The second-order valence-electron chi connectivity index (χ2n) is 11.6. The summed E-state index contributed by atoms with van der Waals surface area (Å²) in [5, 5.41) is 0. The van der Waals surface area contributed by atoms with E-state index in [-0.39, 0.29) is 22.3 Å². The number of hydrogen-bond acceptors (Lipinski definition) is 5. The zero-order valence-electron chi connectivity index (χ0n) is 20.8. The maximum Gasteiger partial charge on any atom is 0.165 e. The summed E-state index contributed by atoms with van der Waals surface area (Å²) in [5.41, 5.74) is 3.32. The number of amidine groups is 2. The van der Waals surface area contributed by atoms with E-state index >= 15 is 0 Å². The lowest BCUT2D eigenvalue weighted by Crippen LogP contribution is -2.46. The normalized spacial score (nSPS) is 20.1. The van der Waals surface area contributed by atoms with Crippen molar-refractivity contribution in [3.8, 4) is 0 Å². The molecule has 3 heterocycles. The van der Waals surface area contributed by atoms with Crippen molar-refractivity contribution >= 4 is 23.7 Å². The molecule has 0 saturated heterocycles. The number of aliphatic imine (C=N–C) groups is 3. The summed E-state index contributed by atoms with van der Waals surface area (Å²) in [7, 11) is 0. The predicted octanol–water partition coefficient (Wildman–Crippen LogP) is 6.43. The van der Waals surface area contributed by atoms with Gasteiger partial charge in [-0.05, 0) is 25.1 Å². The second-order valence-corrected chi connectivity index (χ2v) is 11.6. The van der Waals surface area contributed by atoms with Gasteiger partial charge in [-0.3, -0.25) is 14.9 Å². The highest BCUT2D eigenvalue weighted by Crippen LogP contribution is 2.36. The van der Waals surface area contributed by atoms with Gasteiger partial charge in [0, 0.05) is 27.6 Å². The van der Waals surface area contributed by atoms with E-state index < -0.39 is 0 Å². The van der Waals surface area contributed by atoms with E-state index in [1.54, 1.807) is 0 Å². The maximum absolute atomic E-state index is 5.13. The number of pyridine rings is 1. The van der Waals surface area contributed by atoms with Gasteiger partial charge in [-0.2, -0.15) is 0 Å². The van der Waals surface area contributed by atoms with Crippen LogP contribution in [0.3, 0.4) is 0 Å². The van der Waals surface area contributed by atoms with E-state index in [1.165, 1.54) is 0 Å². The molecule has 0 saturated carbocycles. The first-order valence-corrected chi connectivity index (χ1v) is 11.0. The van der Waals surface area contributed by atoms with Gasteiger partial charge < -0.3 is 0 Å². The SMILES string of the molecule is C=C1C=NC(C(C)(C)C)=CC(C)N=C2c3ccc(C(C)(C)C)nc3N=C(C(C)(C)C)N12. The van der Waals surface area contributed by atoms with Crippen LogP contribution in [0.2, 0.25) is 0 Å². The van der Waals surface area contributed by atoms with E-state index in [9.17, 15) is 0 Å². The maximum atomic E-state index is 5.13. The molecule has 0 spiro atoms. The Kier molecular flexibility index (Phi) is 5.62. The van der Waals surface area contributed by atoms with Crippen molar-refractivity contribution in [3.63, 3.8) is 0 Å². The standard InChI is InChI=1S/C26H37N5/c1-16-14-20(25(6,7)8)27-15-17(2)31-22(28-16)18-12-13-19(24(3,4)5)29-21(18)30-23(31)26(9,10)11/h12-16H,2H2,1,3-11H3. The third-order valence-electron chi connectivity index (χ3n) is 5.32. The fourth-order valence-corrected chi connectivity index (χ4v) is 3.55. The minimum Gasteiger partial charge on any atom is -0.281 e. The Morgan fingerprint density at radius 1 is 0.903 bits per heavy atom. The summed E-state index contributed by atoms with van der Waals surface area (Å²) in [5.74, 6) is 2.43. The van der Waals surface area contributed by atoms with Gasteiger partial charge >= 0.3 is 0 Å². The first-order chi connectivity index (χ1) is 14.1. The zero-order valence-corrected chi connectivity index (χ0v) is 20.8. The molecule has 1 aromatic heterocycles. The van der Waals surface area contributed by atoms with Gasteiger partial charge in [0.1, 0.15) is 11.7 Å². The fourth-order valence-electron chi connectivity index (χ4n) is 3.55.